The van der Waals surface area contributed by atoms with Crippen LogP contribution in [0.15, 0.2) is 30.4 Å². The van der Waals surface area contributed by atoms with Gasteiger partial charge in [-0.05, 0) is 17.7 Å². The molecule has 2 aliphatic rings. The van der Waals surface area contributed by atoms with Crippen molar-refractivity contribution >= 4 is 47.7 Å². The quantitative estimate of drug-likeness (QED) is 0.0449. The van der Waals surface area contributed by atoms with E-state index in [-0.39, 0.29) is 108 Å². The van der Waals surface area contributed by atoms with E-state index in [0.717, 1.165) is 4.90 Å². The summed E-state index contributed by atoms with van der Waals surface area (Å²) in [4.78, 5) is 82.6. The number of hydrogen-bond acceptors (Lipinski definition) is 15. The van der Waals surface area contributed by atoms with E-state index in [1.165, 1.54) is 24.3 Å². The average molecular weight is 841 g/mol. The summed E-state index contributed by atoms with van der Waals surface area (Å²) in [5.41, 5.74) is 0.718. The Balaban J connectivity index is 0.00000421. The zero-order chi connectivity index (χ0) is 43.8. The number of ether oxygens (including phenoxy) is 7. The standard InChI is InChI=1S/C35H48N4O16.2C2H6/c40-23-53-22-24-1-2-27(54-34-21-25(41)20-28(55-34)35(47)48)26(19-24)38-31(44)5-8-36-30(43)7-11-49-13-15-51-17-18-52-16-14-50-12-9-37-29(42)6-10-39-32(45)3-4-33(39)46;2*1-2/h1-4,19,23,25,28,34,41H,5-18,20-22H2,(H,36,43)(H,37,42)(H,38,44)(H,47,48);2*1-2H3. The molecule has 20 heteroatoms. The summed E-state index contributed by atoms with van der Waals surface area (Å²) in [6, 6.07) is 4.58. The minimum absolute atomic E-state index is 0.00751. The van der Waals surface area contributed by atoms with Crippen molar-refractivity contribution in [3.8, 4) is 5.75 Å². The smallest absolute Gasteiger partial charge is 0.333 e. The van der Waals surface area contributed by atoms with E-state index in [1.54, 1.807) is 6.07 Å². The van der Waals surface area contributed by atoms with Gasteiger partial charge in [0.2, 0.25) is 24.0 Å². The molecule has 3 unspecified atom stereocenters. The summed E-state index contributed by atoms with van der Waals surface area (Å²) in [6.45, 7) is 10.8. The first-order valence-corrected chi connectivity index (χ1v) is 19.6. The predicted octanol–water partition coefficient (Wildman–Crippen LogP) is 1.07. The Kier molecular flexibility index (Phi) is 28.2. The summed E-state index contributed by atoms with van der Waals surface area (Å²) in [6.07, 6.45) is -1.08. The van der Waals surface area contributed by atoms with Crippen molar-refractivity contribution in [2.75, 3.05) is 77.8 Å². The topological polar surface area (TPSA) is 264 Å². The maximum atomic E-state index is 12.7. The number of amides is 5. The fourth-order valence-electron chi connectivity index (χ4n) is 4.99. The molecule has 0 spiro atoms. The number of imide groups is 1. The van der Waals surface area contributed by atoms with Crippen molar-refractivity contribution in [2.24, 2.45) is 0 Å². The molecule has 1 aromatic carbocycles. The van der Waals surface area contributed by atoms with E-state index >= 15 is 0 Å². The SMILES string of the molecule is CC.CC.O=COCc1ccc(OC2CC(O)CC(C(=O)O)O2)c(NC(=O)CCNC(=O)CCOCCOCCOCCOCCNC(=O)CCN2C(=O)C=CC2=O)c1. The maximum Gasteiger partial charge on any atom is 0.333 e. The van der Waals surface area contributed by atoms with Crippen molar-refractivity contribution in [1.82, 2.24) is 15.5 Å². The van der Waals surface area contributed by atoms with Gasteiger partial charge in [-0.3, -0.25) is 33.7 Å². The van der Waals surface area contributed by atoms with E-state index in [9.17, 15) is 43.8 Å². The molecular formula is C39H60N4O16. The van der Waals surface area contributed by atoms with E-state index in [4.69, 9.17) is 33.2 Å². The van der Waals surface area contributed by atoms with Gasteiger partial charge in [0.15, 0.2) is 6.10 Å². The highest BCUT2D eigenvalue weighted by atomic mass is 16.7. The van der Waals surface area contributed by atoms with E-state index in [2.05, 4.69) is 16.0 Å². The summed E-state index contributed by atoms with van der Waals surface area (Å²) < 4.78 is 37.6. The highest BCUT2D eigenvalue weighted by Crippen LogP contribution is 2.30. The molecule has 3 rings (SSSR count). The number of carboxylic acid groups (broad SMARTS) is 1. The van der Waals surface area contributed by atoms with Gasteiger partial charge in [-0.15, -0.1) is 0 Å². The number of carbonyl (C=O) groups excluding carboxylic acids is 6. The first kappa shape index (κ1) is 52.0. The normalized spacial score (nSPS) is 16.8. The molecule has 5 N–H and O–H groups in total. The van der Waals surface area contributed by atoms with Crippen LogP contribution in [0.5, 0.6) is 5.75 Å². The Labute approximate surface area is 344 Å². The summed E-state index contributed by atoms with van der Waals surface area (Å²) in [5.74, 6) is -3.05. The number of nitrogens with zero attached hydrogens (tertiary/aromatic N) is 1. The third-order valence-corrected chi connectivity index (χ3v) is 7.73. The van der Waals surface area contributed by atoms with Gasteiger partial charge in [-0.1, -0.05) is 33.8 Å². The largest absolute Gasteiger partial charge is 0.479 e. The van der Waals surface area contributed by atoms with Gasteiger partial charge in [-0.25, -0.2) is 4.79 Å². The molecule has 0 radical (unpaired) electrons. The molecule has 1 fully saturated rings. The molecule has 2 heterocycles. The molecule has 2 aliphatic heterocycles. The molecule has 3 atom stereocenters. The summed E-state index contributed by atoms with van der Waals surface area (Å²) >= 11 is 0. The fraction of sp³-hybridized carbons (Fsp3) is 0.615. The molecule has 20 nitrogen and oxygen atoms in total. The second kappa shape index (κ2) is 31.9. The molecule has 59 heavy (non-hydrogen) atoms. The molecule has 0 aromatic heterocycles. The molecule has 0 saturated carbocycles. The molecule has 1 saturated heterocycles. The molecule has 332 valence electrons. The van der Waals surface area contributed by atoms with E-state index < -0.39 is 42.2 Å². The van der Waals surface area contributed by atoms with Crippen molar-refractivity contribution in [3.63, 3.8) is 0 Å². The van der Waals surface area contributed by atoms with Crippen LogP contribution in [-0.2, 0) is 68.6 Å². The van der Waals surface area contributed by atoms with Crippen LogP contribution in [0.1, 0.15) is 65.4 Å². The number of aliphatic hydroxyl groups is 1. The highest BCUT2D eigenvalue weighted by molar-refractivity contribution is 6.13. The number of nitrogens with one attached hydrogen (secondary N) is 3. The Morgan fingerprint density at radius 1 is 0.780 bits per heavy atom. The van der Waals surface area contributed by atoms with Crippen LogP contribution in [0, 0.1) is 0 Å². The first-order valence-electron chi connectivity index (χ1n) is 19.6. The van der Waals surface area contributed by atoms with Crippen molar-refractivity contribution in [2.45, 2.75) is 84.9 Å². The van der Waals surface area contributed by atoms with Crippen molar-refractivity contribution in [1.29, 1.82) is 0 Å². The average Bonchev–Trinajstić information content (AvgIpc) is 3.55. The number of benzene rings is 1. The number of carbonyl (C=O) groups is 7. The second-order valence-electron chi connectivity index (χ2n) is 12.0. The van der Waals surface area contributed by atoms with Crippen LogP contribution in [-0.4, -0.2) is 148 Å². The van der Waals surface area contributed by atoms with Crippen LogP contribution in [0.25, 0.3) is 0 Å². The minimum Gasteiger partial charge on any atom is -0.479 e. The van der Waals surface area contributed by atoms with Gasteiger partial charge in [-0.2, -0.15) is 0 Å². The lowest BCUT2D eigenvalue weighted by atomic mass is 10.1. The van der Waals surface area contributed by atoms with Crippen LogP contribution in [0.3, 0.4) is 0 Å². The van der Waals surface area contributed by atoms with Gasteiger partial charge in [0, 0.05) is 63.9 Å². The Hall–Kier alpha value is -4.99. The lowest BCUT2D eigenvalue weighted by Gasteiger charge is -2.31. The third-order valence-electron chi connectivity index (χ3n) is 7.73. The minimum atomic E-state index is -1.26. The van der Waals surface area contributed by atoms with Gasteiger partial charge in [0.1, 0.15) is 12.4 Å². The third kappa shape index (κ3) is 22.7. The van der Waals surface area contributed by atoms with Crippen molar-refractivity contribution in [3.05, 3.63) is 35.9 Å². The number of rotatable bonds is 28. The predicted molar refractivity (Wildman–Crippen MR) is 210 cm³/mol. The highest BCUT2D eigenvalue weighted by Gasteiger charge is 2.34. The molecule has 0 aliphatic carbocycles. The van der Waals surface area contributed by atoms with Crippen LogP contribution in [0.2, 0.25) is 0 Å². The Morgan fingerprint density at radius 3 is 1.97 bits per heavy atom. The maximum absolute atomic E-state index is 12.7. The second-order valence-corrected chi connectivity index (χ2v) is 12.0. The zero-order valence-corrected chi connectivity index (χ0v) is 34.3. The molecule has 5 amide bonds. The van der Waals surface area contributed by atoms with Crippen molar-refractivity contribution < 1.29 is 76.9 Å². The molecular weight excluding hydrogens is 780 g/mol. The number of aliphatic hydroxyl groups excluding tert-OH is 1. The van der Waals surface area contributed by atoms with Gasteiger partial charge >= 0.3 is 5.97 Å². The van der Waals surface area contributed by atoms with Crippen LogP contribution in [0.4, 0.5) is 5.69 Å². The van der Waals surface area contributed by atoms with E-state index in [1.807, 2.05) is 27.7 Å². The Morgan fingerprint density at radius 2 is 1.36 bits per heavy atom. The lowest BCUT2D eigenvalue weighted by Crippen LogP contribution is -2.42. The fourth-order valence-corrected chi connectivity index (χ4v) is 4.99. The van der Waals surface area contributed by atoms with Crippen LogP contribution >= 0.6 is 0 Å². The molecule has 1 aromatic rings. The number of hydrogen-bond donors (Lipinski definition) is 5. The summed E-state index contributed by atoms with van der Waals surface area (Å²) in [7, 11) is 0. The van der Waals surface area contributed by atoms with E-state index in [0.29, 0.717) is 38.6 Å². The first-order chi connectivity index (χ1) is 28.5. The Bertz CT molecular complexity index is 1460. The summed E-state index contributed by atoms with van der Waals surface area (Å²) in [5, 5.41) is 27.3. The monoisotopic (exact) mass is 840 g/mol. The van der Waals surface area contributed by atoms with Gasteiger partial charge in [0.25, 0.3) is 18.3 Å². The van der Waals surface area contributed by atoms with Gasteiger partial charge in [0.05, 0.1) is 64.6 Å². The molecule has 0 bridgehead atoms. The number of carboxylic acids is 1. The van der Waals surface area contributed by atoms with Crippen LogP contribution < -0.4 is 20.7 Å². The number of anilines is 1. The lowest BCUT2D eigenvalue weighted by molar-refractivity contribution is -0.195. The zero-order valence-electron chi connectivity index (χ0n) is 34.3. The number of aliphatic carboxylic acids is 1. The van der Waals surface area contributed by atoms with Gasteiger partial charge < -0.3 is 59.3 Å².